The van der Waals surface area contributed by atoms with Gasteiger partial charge in [-0.25, -0.2) is 0 Å². The number of nitrogens with zero attached hydrogens (tertiary/aromatic N) is 1. The average molecular weight is 414 g/mol. The van der Waals surface area contributed by atoms with Gasteiger partial charge in [0.25, 0.3) is 0 Å². The van der Waals surface area contributed by atoms with Crippen LogP contribution in [0.5, 0.6) is 0 Å². The van der Waals surface area contributed by atoms with Gasteiger partial charge in [-0.15, -0.1) is 0 Å². The molecule has 0 aromatic heterocycles. The molecule has 18 heavy (non-hydrogen) atoms. The van der Waals surface area contributed by atoms with Gasteiger partial charge in [0.15, 0.2) is 0 Å². The van der Waals surface area contributed by atoms with Crippen molar-refractivity contribution in [3.63, 3.8) is 0 Å². The number of rotatable bonds is 2. The highest BCUT2D eigenvalue weighted by molar-refractivity contribution is 14.1. The standard InChI is InChI=1S/C13H9BrIN3/c14-11-3-1-9(15)6-13(11)18-12-4-2-10(17)5-8(12)7-16/h1-6,18H,17H2. The van der Waals surface area contributed by atoms with E-state index in [2.05, 4.69) is 49.9 Å². The SMILES string of the molecule is N#Cc1cc(N)ccc1Nc1cc(I)ccc1Br. The van der Waals surface area contributed by atoms with Crippen molar-refractivity contribution in [1.29, 1.82) is 5.26 Å². The lowest BCUT2D eigenvalue weighted by molar-refractivity contribution is 1.45. The van der Waals surface area contributed by atoms with Crippen LogP contribution in [0.2, 0.25) is 0 Å². The third kappa shape index (κ3) is 2.94. The van der Waals surface area contributed by atoms with Crippen LogP contribution in [0.25, 0.3) is 0 Å². The van der Waals surface area contributed by atoms with Gasteiger partial charge < -0.3 is 11.1 Å². The fourth-order valence-corrected chi connectivity index (χ4v) is 2.34. The Kier molecular flexibility index (Phi) is 4.09. The molecule has 0 aliphatic heterocycles. The second-order valence-electron chi connectivity index (χ2n) is 3.67. The Bertz CT molecular complexity index is 635. The van der Waals surface area contributed by atoms with Gasteiger partial charge in [-0.2, -0.15) is 5.26 Å². The maximum atomic E-state index is 9.09. The minimum Gasteiger partial charge on any atom is -0.399 e. The van der Waals surface area contributed by atoms with Gasteiger partial charge in [0.05, 0.1) is 16.9 Å². The summed E-state index contributed by atoms with van der Waals surface area (Å²) in [5, 5.41) is 12.3. The van der Waals surface area contributed by atoms with Gasteiger partial charge in [0, 0.05) is 13.7 Å². The number of nitrogens with one attached hydrogen (secondary N) is 1. The lowest BCUT2D eigenvalue weighted by Gasteiger charge is -2.11. The highest BCUT2D eigenvalue weighted by Crippen LogP contribution is 2.29. The number of nitriles is 1. The average Bonchev–Trinajstić information content (AvgIpc) is 2.36. The van der Waals surface area contributed by atoms with Crippen molar-refractivity contribution in [2.45, 2.75) is 0 Å². The topological polar surface area (TPSA) is 61.8 Å². The summed E-state index contributed by atoms with van der Waals surface area (Å²) in [5.41, 5.74) is 8.44. The van der Waals surface area contributed by atoms with E-state index in [1.165, 1.54) is 0 Å². The number of hydrogen-bond donors (Lipinski definition) is 2. The summed E-state index contributed by atoms with van der Waals surface area (Å²) in [6.07, 6.45) is 0. The van der Waals surface area contributed by atoms with Gasteiger partial charge in [-0.1, -0.05) is 0 Å². The van der Waals surface area contributed by atoms with Crippen LogP contribution in [0.1, 0.15) is 5.56 Å². The van der Waals surface area contributed by atoms with Gasteiger partial charge >= 0.3 is 0 Å². The maximum absolute atomic E-state index is 9.09. The molecule has 5 heteroatoms. The summed E-state index contributed by atoms with van der Waals surface area (Å²) in [5.74, 6) is 0. The van der Waals surface area contributed by atoms with E-state index in [9.17, 15) is 0 Å². The summed E-state index contributed by atoms with van der Waals surface area (Å²) in [6, 6.07) is 13.3. The van der Waals surface area contributed by atoms with Crippen LogP contribution in [-0.2, 0) is 0 Å². The van der Waals surface area contributed by atoms with E-state index in [1.54, 1.807) is 18.2 Å². The normalized spacial score (nSPS) is 9.83. The molecule has 0 aliphatic rings. The predicted octanol–water partition coefficient (Wildman–Crippen LogP) is 4.25. The van der Waals surface area contributed by atoms with E-state index in [1.807, 2.05) is 18.2 Å². The Hall–Kier alpha value is -1.26. The first-order valence-corrected chi connectivity index (χ1v) is 6.99. The monoisotopic (exact) mass is 413 g/mol. The van der Waals surface area contributed by atoms with Crippen molar-refractivity contribution in [1.82, 2.24) is 0 Å². The van der Waals surface area contributed by atoms with E-state index in [0.29, 0.717) is 11.3 Å². The van der Waals surface area contributed by atoms with Gasteiger partial charge in [-0.05, 0) is 74.9 Å². The molecule has 3 N–H and O–H groups in total. The Balaban J connectivity index is 2.40. The molecule has 0 saturated heterocycles. The first kappa shape index (κ1) is 13.2. The van der Waals surface area contributed by atoms with Crippen molar-refractivity contribution in [3.05, 3.63) is 50.0 Å². The highest BCUT2D eigenvalue weighted by Gasteiger charge is 2.06. The largest absolute Gasteiger partial charge is 0.399 e. The Labute approximate surface area is 127 Å². The summed E-state index contributed by atoms with van der Waals surface area (Å²) in [7, 11) is 0. The molecule has 2 aromatic carbocycles. The molecule has 2 aromatic rings. The number of nitrogen functional groups attached to an aromatic ring is 1. The first-order valence-electron chi connectivity index (χ1n) is 5.12. The summed E-state index contributed by atoms with van der Waals surface area (Å²) in [4.78, 5) is 0. The van der Waals surface area contributed by atoms with Gasteiger partial charge in [0.1, 0.15) is 6.07 Å². The molecule has 0 spiro atoms. The lowest BCUT2D eigenvalue weighted by Crippen LogP contribution is -1.96. The number of benzene rings is 2. The lowest BCUT2D eigenvalue weighted by atomic mass is 10.1. The third-order valence-corrected chi connectivity index (χ3v) is 3.72. The molecule has 0 aliphatic carbocycles. The molecular formula is C13H9BrIN3. The van der Waals surface area contributed by atoms with Gasteiger partial charge in [0.2, 0.25) is 0 Å². The highest BCUT2D eigenvalue weighted by atomic mass is 127. The van der Waals surface area contributed by atoms with Gasteiger partial charge in [-0.3, -0.25) is 0 Å². The third-order valence-electron chi connectivity index (χ3n) is 2.36. The number of halogens is 2. The van der Waals surface area contributed by atoms with Crippen LogP contribution in [0.4, 0.5) is 17.1 Å². The minimum absolute atomic E-state index is 0.528. The van der Waals surface area contributed by atoms with E-state index < -0.39 is 0 Å². The van der Waals surface area contributed by atoms with Crippen LogP contribution < -0.4 is 11.1 Å². The molecule has 0 radical (unpaired) electrons. The molecular weight excluding hydrogens is 405 g/mol. The summed E-state index contributed by atoms with van der Waals surface area (Å²) in [6.45, 7) is 0. The van der Waals surface area contributed by atoms with Crippen LogP contribution in [0.3, 0.4) is 0 Å². The Morgan fingerprint density at radius 2 is 1.94 bits per heavy atom. The molecule has 3 nitrogen and oxygen atoms in total. The molecule has 0 bridgehead atoms. The molecule has 0 amide bonds. The van der Waals surface area contributed by atoms with Crippen molar-refractivity contribution < 1.29 is 0 Å². The molecule has 0 heterocycles. The Morgan fingerprint density at radius 1 is 1.17 bits per heavy atom. The quantitative estimate of drug-likeness (QED) is 0.571. The van der Waals surface area contributed by atoms with E-state index in [4.69, 9.17) is 11.0 Å². The van der Waals surface area contributed by atoms with E-state index >= 15 is 0 Å². The molecule has 2 rings (SSSR count). The van der Waals surface area contributed by atoms with Crippen molar-refractivity contribution in [2.24, 2.45) is 0 Å². The maximum Gasteiger partial charge on any atom is 0.101 e. The van der Waals surface area contributed by atoms with Crippen LogP contribution in [0.15, 0.2) is 40.9 Å². The summed E-state index contributed by atoms with van der Waals surface area (Å²) < 4.78 is 2.07. The molecule has 0 atom stereocenters. The first-order chi connectivity index (χ1) is 8.60. The molecule has 90 valence electrons. The van der Waals surface area contributed by atoms with Crippen LogP contribution >= 0.6 is 38.5 Å². The zero-order chi connectivity index (χ0) is 13.1. The zero-order valence-corrected chi connectivity index (χ0v) is 13.0. The van der Waals surface area contributed by atoms with Crippen molar-refractivity contribution >= 4 is 55.6 Å². The number of hydrogen-bond acceptors (Lipinski definition) is 3. The van der Waals surface area contributed by atoms with E-state index in [0.717, 1.165) is 19.4 Å². The van der Waals surface area contributed by atoms with Crippen LogP contribution in [-0.4, -0.2) is 0 Å². The predicted molar refractivity (Wildman–Crippen MR) is 85.7 cm³/mol. The Morgan fingerprint density at radius 3 is 2.67 bits per heavy atom. The summed E-state index contributed by atoms with van der Waals surface area (Å²) >= 11 is 5.72. The van der Waals surface area contributed by atoms with E-state index in [-0.39, 0.29) is 0 Å². The minimum atomic E-state index is 0.528. The van der Waals surface area contributed by atoms with Crippen molar-refractivity contribution in [2.75, 3.05) is 11.1 Å². The molecule has 0 fully saturated rings. The van der Waals surface area contributed by atoms with Crippen LogP contribution in [0, 0.1) is 14.9 Å². The number of anilines is 3. The molecule has 0 unspecified atom stereocenters. The number of nitrogens with two attached hydrogens (primary N) is 1. The zero-order valence-electron chi connectivity index (χ0n) is 9.24. The fraction of sp³-hybridized carbons (Fsp3) is 0. The second kappa shape index (κ2) is 5.59. The molecule has 0 saturated carbocycles. The van der Waals surface area contributed by atoms with Crippen molar-refractivity contribution in [3.8, 4) is 6.07 Å². The fourth-order valence-electron chi connectivity index (χ4n) is 1.50. The second-order valence-corrected chi connectivity index (χ2v) is 5.77. The smallest absolute Gasteiger partial charge is 0.101 e.